The first-order valence-corrected chi connectivity index (χ1v) is 4.54. The van der Waals surface area contributed by atoms with Crippen molar-refractivity contribution < 1.29 is 0 Å². The molecule has 1 aromatic rings. The fourth-order valence-electron chi connectivity index (χ4n) is 1.46. The van der Waals surface area contributed by atoms with Crippen LogP contribution in [0.5, 0.6) is 0 Å². The molecule has 12 heavy (non-hydrogen) atoms. The Morgan fingerprint density at radius 3 is 2.50 bits per heavy atom. The van der Waals surface area contributed by atoms with Crippen molar-refractivity contribution in [1.82, 2.24) is 0 Å². The van der Waals surface area contributed by atoms with Gasteiger partial charge < -0.3 is 0 Å². The van der Waals surface area contributed by atoms with Crippen LogP contribution in [-0.4, -0.2) is 0 Å². The van der Waals surface area contributed by atoms with Crippen LogP contribution in [0.4, 0.5) is 0 Å². The zero-order valence-electron chi connectivity index (χ0n) is 7.66. The van der Waals surface area contributed by atoms with Crippen LogP contribution in [0, 0.1) is 0 Å². The summed E-state index contributed by atoms with van der Waals surface area (Å²) in [6, 6.07) is 10.6. The highest BCUT2D eigenvalue weighted by atomic mass is 14.1. The molecule has 0 saturated carbocycles. The van der Waals surface area contributed by atoms with E-state index in [0.29, 0.717) is 5.92 Å². The van der Waals surface area contributed by atoms with Gasteiger partial charge in [0.1, 0.15) is 0 Å². The van der Waals surface area contributed by atoms with Gasteiger partial charge >= 0.3 is 0 Å². The monoisotopic (exact) mass is 160 g/mol. The molecule has 1 atom stereocenters. The van der Waals surface area contributed by atoms with E-state index in [0.717, 1.165) is 6.42 Å². The summed E-state index contributed by atoms with van der Waals surface area (Å²) in [6.07, 6.45) is 4.28. The Morgan fingerprint density at radius 1 is 1.33 bits per heavy atom. The predicted octanol–water partition coefficient (Wildman–Crippen LogP) is 3.76. The quantitative estimate of drug-likeness (QED) is 0.588. The molecule has 0 heterocycles. The van der Waals surface area contributed by atoms with Gasteiger partial charge in [0.2, 0.25) is 0 Å². The molecule has 0 aliphatic heterocycles. The van der Waals surface area contributed by atoms with Gasteiger partial charge in [-0.15, -0.1) is 6.58 Å². The minimum Gasteiger partial charge on any atom is -0.103 e. The highest BCUT2D eigenvalue weighted by molar-refractivity contribution is 5.19. The van der Waals surface area contributed by atoms with Crippen molar-refractivity contribution in [1.29, 1.82) is 0 Å². The maximum absolute atomic E-state index is 3.77. The standard InChI is InChI=1S/C12H16/c1-3-8-11(4-2)12-9-6-5-7-10-12/h3,5-7,9-11H,1,4,8H2,2H3/t11-/m1/s1. The van der Waals surface area contributed by atoms with E-state index in [9.17, 15) is 0 Å². The second kappa shape index (κ2) is 4.76. The van der Waals surface area contributed by atoms with E-state index < -0.39 is 0 Å². The largest absolute Gasteiger partial charge is 0.103 e. The van der Waals surface area contributed by atoms with E-state index in [-0.39, 0.29) is 0 Å². The molecule has 0 spiro atoms. The molecule has 1 aromatic carbocycles. The number of allylic oxidation sites excluding steroid dienone is 1. The fourth-order valence-corrected chi connectivity index (χ4v) is 1.46. The summed E-state index contributed by atoms with van der Waals surface area (Å²) < 4.78 is 0. The number of benzene rings is 1. The van der Waals surface area contributed by atoms with Crippen molar-refractivity contribution in [2.75, 3.05) is 0 Å². The minimum absolute atomic E-state index is 0.656. The summed E-state index contributed by atoms with van der Waals surface area (Å²) in [6.45, 7) is 6.00. The second-order valence-electron chi connectivity index (χ2n) is 3.04. The molecule has 0 nitrogen and oxygen atoms in total. The molecule has 0 amide bonds. The van der Waals surface area contributed by atoms with Crippen molar-refractivity contribution in [2.24, 2.45) is 0 Å². The molecule has 0 bridgehead atoms. The Kier molecular flexibility index (Phi) is 3.59. The lowest BCUT2D eigenvalue weighted by atomic mass is 9.93. The van der Waals surface area contributed by atoms with Gasteiger partial charge in [0.15, 0.2) is 0 Å². The van der Waals surface area contributed by atoms with Crippen LogP contribution in [-0.2, 0) is 0 Å². The fraction of sp³-hybridized carbons (Fsp3) is 0.333. The van der Waals surface area contributed by atoms with Crippen LogP contribution in [0.2, 0.25) is 0 Å². The van der Waals surface area contributed by atoms with Gasteiger partial charge in [-0.25, -0.2) is 0 Å². The topological polar surface area (TPSA) is 0 Å². The van der Waals surface area contributed by atoms with E-state index in [1.54, 1.807) is 0 Å². The van der Waals surface area contributed by atoms with Crippen molar-refractivity contribution in [3.05, 3.63) is 48.6 Å². The Balaban J connectivity index is 2.72. The summed E-state index contributed by atoms with van der Waals surface area (Å²) in [4.78, 5) is 0. The molecule has 0 aliphatic rings. The first kappa shape index (κ1) is 9.05. The number of hydrogen-bond donors (Lipinski definition) is 0. The molecule has 64 valence electrons. The van der Waals surface area contributed by atoms with Crippen molar-refractivity contribution >= 4 is 0 Å². The Hall–Kier alpha value is -1.04. The zero-order chi connectivity index (χ0) is 8.81. The lowest BCUT2D eigenvalue weighted by molar-refractivity contribution is 0.675. The average Bonchev–Trinajstić information content (AvgIpc) is 2.15. The molecule has 0 saturated heterocycles. The molecular formula is C12H16. The summed E-state index contributed by atoms with van der Waals surface area (Å²) in [5.41, 5.74) is 1.43. The van der Waals surface area contributed by atoms with Gasteiger partial charge in [0.25, 0.3) is 0 Å². The molecule has 0 aliphatic carbocycles. The second-order valence-corrected chi connectivity index (χ2v) is 3.04. The highest BCUT2D eigenvalue weighted by Crippen LogP contribution is 2.22. The first-order chi connectivity index (χ1) is 5.88. The van der Waals surface area contributed by atoms with Crippen LogP contribution >= 0.6 is 0 Å². The summed E-state index contributed by atoms with van der Waals surface area (Å²) >= 11 is 0. The van der Waals surface area contributed by atoms with E-state index in [2.05, 4.69) is 43.8 Å². The lowest BCUT2D eigenvalue weighted by Gasteiger charge is -2.11. The van der Waals surface area contributed by atoms with Gasteiger partial charge in [-0.1, -0.05) is 43.3 Å². The summed E-state index contributed by atoms with van der Waals surface area (Å²) in [5.74, 6) is 0.656. The van der Waals surface area contributed by atoms with Gasteiger partial charge in [0, 0.05) is 0 Å². The molecular weight excluding hydrogens is 144 g/mol. The smallest absolute Gasteiger partial charge is 0.0130 e. The maximum Gasteiger partial charge on any atom is -0.0130 e. The van der Waals surface area contributed by atoms with E-state index in [1.165, 1.54) is 12.0 Å². The Morgan fingerprint density at radius 2 is 2.00 bits per heavy atom. The Labute approximate surface area is 74.9 Å². The van der Waals surface area contributed by atoms with Crippen molar-refractivity contribution in [3.63, 3.8) is 0 Å². The van der Waals surface area contributed by atoms with Crippen LogP contribution in [0.15, 0.2) is 43.0 Å². The molecule has 0 unspecified atom stereocenters. The third-order valence-electron chi connectivity index (χ3n) is 2.21. The van der Waals surface area contributed by atoms with Crippen LogP contribution < -0.4 is 0 Å². The Bertz CT molecular complexity index is 223. The average molecular weight is 160 g/mol. The number of rotatable bonds is 4. The minimum atomic E-state index is 0.656. The lowest BCUT2D eigenvalue weighted by Crippen LogP contribution is -1.94. The molecule has 0 heteroatoms. The molecule has 0 fully saturated rings. The maximum atomic E-state index is 3.77. The zero-order valence-corrected chi connectivity index (χ0v) is 7.66. The van der Waals surface area contributed by atoms with Crippen molar-refractivity contribution in [3.8, 4) is 0 Å². The molecule has 0 radical (unpaired) electrons. The molecule has 0 aromatic heterocycles. The van der Waals surface area contributed by atoms with Gasteiger partial charge in [0.05, 0.1) is 0 Å². The molecule has 0 N–H and O–H groups in total. The van der Waals surface area contributed by atoms with Gasteiger partial charge in [-0.2, -0.15) is 0 Å². The third-order valence-corrected chi connectivity index (χ3v) is 2.21. The van der Waals surface area contributed by atoms with Crippen molar-refractivity contribution in [2.45, 2.75) is 25.7 Å². The third kappa shape index (κ3) is 2.23. The van der Waals surface area contributed by atoms with Gasteiger partial charge in [-0.05, 0) is 24.3 Å². The van der Waals surface area contributed by atoms with E-state index in [4.69, 9.17) is 0 Å². The first-order valence-electron chi connectivity index (χ1n) is 4.54. The predicted molar refractivity (Wildman–Crippen MR) is 54.3 cm³/mol. The van der Waals surface area contributed by atoms with Crippen LogP contribution in [0.3, 0.4) is 0 Å². The summed E-state index contributed by atoms with van der Waals surface area (Å²) in [7, 11) is 0. The SMILES string of the molecule is C=CC[C@@H](CC)c1ccccc1. The van der Waals surface area contributed by atoms with E-state index >= 15 is 0 Å². The normalized spacial score (nSPS) is 12.4. The summed E-state index contributed by atoms with van der Waals surface area (Å²) in [5, 5.41) is 0. The van der Waals surface area contributed by atoms with Gasteiger partial charge in [-0.3, -0.25) is 0 Å². The highest BCUT2D eigenvalue weighted by Gasteiger charge is 2.05. The molecule has 1 rings (SSSR count). The van der Waals surface area contributed by atoms with E-state index in [1.807, 2.05) is 6.08 Å². The van der Waals surface area contributed by atoms with Crippen LogP contribution in [0.1, 0.15) is 31.2 Å². The van der Waals surface area contributed by atoms with Crippen LogP contribution in [0.25, 0.3) is 0 Å². The number of hydrogen-bond acceptors (Lipinski definition) is 0.